The summed E-state index contributed by atoms with van der Waals surface area (Å²) in [6, 6.07) is 11.0. The zero-order valence-corrected chi connectivity index (χ0v) is 15.0. The molecular formula is C17H12Cl2N2O3S. The predicted molar refractivity (Wildman–Crippen MR) is 103 cm³/mol. The number of benzene rings is 2. The molecule has 2 aromatic carbocycles. The number of amides is 1. The number of carboxylic acid groups (broad SMARTS) is 1. The molecule has 0 atom stereocenters. The second-order valence-electron chi connectivity index (χ2n) is 4.83. The van der Waals surface area contributed by atoms with Gasteiger partial charge in [0.25, 0.3) is 0 Å². The van der Waals surface area contributed by atoms with E-state index in [0.29, 0.717) is 21.3 Å². The van der Waals surface area contributed by atoms with Gasteiger partial charge in [-0.2, -0.15) is 0 Å². The molecule has 0 unspecified atom stereocenters. The number of hydrogen-bond acceptors (Lipinski definition) is 3. The summed E-state index contributed by atoms with van der Waals surface area (Å²) in [5.74, 6) is -1.51. The standard InChI is InChI=1S/C17H12Cl2N2O3S/c18-12-6-4-10(14(19)9-12)5-7-15(22)21-17(25)20-13-3-1-2-11(8-13)16(23)24/h1-9H,(H,23,24)(H2,20,21,22,25)/b7-5+. The second kappa shape index (κ2) is 8.62. The van der Waals surface area contributed by atoms with Crippen LogP contribution in [0.1, 0.15) is 15.9 Å². The average Bonchev–Trinajstić information content (AvgIpc) is 2.54. The molecule has 0 aliphatic heterocycles. The molecule has 128 valence electrons. The number of nitrogens with one attached hydrogen (secondary N) is 2. The lowest BCUT2D eigenvalue weighted by Crippen LogP contribution is -2.32. The Morgan fingerprint density at radius 3 is 2.56 bits per heavy atom. The van der Waals surface area contributed by atoms with E-state index in [0.717, 1.165) is 0 Å². The van der Waals surface area contributed by atoms with Gasteiger partial charge in [0.05, 0.1) is 5.56 Å². The van der Waals surface area contributed by atoms with Gasteiger partial charge in [-0.1, -0.05) is 35.3 Å². The summed E-state index contributed by atoms with van der Waals surface area (Å²) in [5.41, 5.74) is 1.19. The quantitative estimate of drug-likeness (QED) is 0.534. The Kier molecular flexibility index (Phi) is 6.52. The molecule has 0 bridgehead atoms. The highest BCUT2D eigenvalue weighted by Gasteiger charge is 2.06. The molecule has 0 spiro atoms. The Morgan fingerprint density at radius 2 is 1.88 bits per heavy atom. The van der Waals surface area contributed by atoms with Crippen LogP contribution in [0.2, 0.25) is 10.0 Å². The fourth-order valence-corrected chi connectivity index (χ4v) is 2.54. The van der Waals surface area contributed by atoms with Crippen molar-refractivity contribution in [3.63, 3.8) is 0 Å². The van der Waals surface area contributed by atoms with Gasteiger partial charge in [-0.25, -0.2) is 4.79 Å². The lowest BCUT2D eigenvalue weighted by atomic mass is 10.2. The first-order valence-corrected chi connectivity index (χ1v) is 8.10. The number of anilines is 1. The molecule has 3 N–H and O–H groups in total. The van der Waals surface area contributed by atoms with Crippen LogP contribution in [0.15, 0.2) is 48.5 Å². The van der Waals surface area contributed by atoms with E-state index in [1.807, 2.05) is 0 Å². The Hall–Kier alpha value is -2.41. The van der Waals surface area contributed by atoms with E-state index < -0.39 is 11.9 Å². The smallest absolute Gasteiger partial charge is 0.335 e. The van der Waals surface area contributed by atoms with Gasteiger partial charge >= 0.3 is 5.97 Å². The van der Waals surface area contributed by atoms with Crippen LogP contribution in [0.3, 0.4) is 0 Å². The van der Waals surface area contributed by atoms with Crippen LogP contribution in [-0.2, 0) is 4.79 Å². The molecule has 5 nitrogen and oxygen atoms in total. The molecule has 0 aromatic heterocycles. The minimum atomic E-state index is -1.05. The van der Waals surface area contributed by atoms with Crippen molar-refractivity contribution < 1.29 is 14.7 Å². The van der Waals surface area contributed by atoms with E-state index >= 15 is 0 Å². The number of carbonyl (C=O) groups is 2. The fraction of sp³-hybridized carbons (Fsp3) is 0. The molecule has 1 amide bonds. The van der Waals surface area contributed by atoms with Crippen molar-refractivity contribution >= 4 is 64.2 Å². The highest BCUT2D eigenvalue weighted by molar-refractivity contribution is 7.80. The number of carboxylic acids is 1. The lowest BCUT2D eigenvalue weighted by Gasteiger charge is -2.08. The molecule has 0 fully saturated rings. The molecule has 0 aliphatic carbocycles. The van der Waals surface area contributed by atoms with Crippen LogP contribution in [0.25, 0.3) is 6.08 Å². The van der Waals surface area contributed by atoms with Crippen molar-refractivity contribution in [2.75, 3.05) is 5.32 Å². The molecule has 8 heteroatoms. The molecule has 0 saturated carbocycles. The van der Waals surface area contributed by atoms with Crippen molar-refractivity contribution in [2.24, 2.45) is 0 Å². The summed E-state index contributed by atoms with van der Waals surface area (Å²) < 4.78 is 0. The normalized spacial score (nSPS) is 10.5. The van der Waals surface area contributed by atoms with E-state index in [1.165, 1.54) is 24.3 Å². The largest absolute Gasteiger partial charge is 0.478 e. The summed E-state index contributed by atoms with van der Waals surface area (Å²) in [6.07, 6.45) is 2.80. The van der Waals surface area contributed by atoms with Crippen LogP contribution in [0.5, 0.6) is 0 Å². The molecule has 2 aromatic rings. The van der Waals surface area contributed by atoms with Crippen LogP contribution < -0.4 is 10.6 Å². The predicted octanol–water partition coefficient (Wildman–Crippen LogP) is 4.22. The Balaban J connectivity index is 1.96. The van der Waals surface area contributed by atoms with Crippen molar-refractivity contribution in [2.45, 2.75) is 0 Å². The summed E-state index contributed by atoms with van der Waals surface area (Å²) in [6.45, 7) is 0. The molecule has 0 aliphatic rings. The van der Waals surface area contributed by atoms with Gasteiger partial charge in [-0.05, 0) is 54.2 Å². The van der Waals surface area contributed by atoms with Crippen molar-refractivity contribution in [1.29, 1.82) is 0 Å². The Bertz CT molecular complexity index is 869. The van der Waals surface area contributed by atoms with E-state index in [4.69, 9.17) is 40.5 Å². The van der Waals surface area contributed by atoms with Gasteiger partial charge in [-0.15, -0.1) is 0 Å². The van der Waals surface area contributed by atoms with Gasteiger partial charge in [0, 0.05) is 21.8 Å². The number of halogens is 2. The number of thiocarbonyl (C=S) groups is 1. The minimum Gasteiger partial charge on any atom is -0.478 e. The summed E-state index contributed by atoms with van der Waals surface area (Å²) >= 11 is 16.8. The first-order chi connectivity index (χ1) is 11.8. The first-order valence-electron chi connectivity index (χ1n) is 6.93. The van der Waals surface area contributed by atoms with E-state index in [1.54, 1.807) is 30.3 Å². The maximum absolute atomic E-state index is 11.9. The summed E-state index contributed by atoms with van der Waals surface area (Å²) in [4.78, 5) is 22.8. The fourth-order valence-electron chi connectivity index (χ4n) is 1.85. The number of hydrogen-bond donors (Lipinski definition) is 3. The zero-order chi connectivity index (χ0) is 18.4. The van der Waals surface area contributed by atoms with Gasteiger partial charge in [0.2, 0.25) is 5.91 Å². The summed E-state index contributed by atoms with van der Waals surface area (Å²) in [5, 5.41) is 15.1. The average molecular weight is 395 g/mol. The minimum absolute atomic E-state index is 0.0411. The zero-order valence-electron chi connectivity index (χ0n) is 12.6. The third-order valence-electron chi connectivity index (χ3n) is 2.98. The summed E-state index contributed by atoms with van der Waals surface area (Å²) in [7, 11) is 0. The third kappa shape index (κ3) is 5.86. The maximum Gasteiger partial charge on any atom is 0.335 e. The molecule has 2 rings (SSSR count). The van der Waals surface area contributed by atoms with Gasteiger partial charge < -0.3 is 10.4 Å². The molecule has 0 radical (unpaired) electrons. The van der Waals surface area contributed by atoms with Crippen molar-refractivity contribution in [3.8, 4) is 0 Å². The molecule has 25 heavy (non-hydrogen) atoms. The van der Waals surface area contributed by atoms with E-state index in [9.17, 15) is 9.59 Å². The van der Waals surface area contributed by atoms with Crippen LogP contribution in [0.4, 0.5) is 5.69 Å². The third-order valence-corrected chi connectivity index (χ3v) is 3.75. The van der Waals surface area contributed by atoms with Crippen LogP contribution in [-0.4, -0.2) is 22.1 Å². The second-order valence-corrected chi connectivity index (χ2v) is 6.08. The number of aromatic carboxylic acids is 1. The lowest BCUT2D eigenvalue weighted by molar-refractivity contribution is -0.115. The Morgan fingerprint density at radius 1 is 1.12 bits per heavy atom. The van der Waals surface area contributed by atoms with Crippen molar-refractivity contribution in [3.05, 3.63) is 69.7 Å². The number of carbonyl (C=O) groups excluding carboxylic acids is 1. The van der Waals surface area contributed by atoms with E-state index in [-0.39, 0.29) is 10.7 Å². The monoisotopic (exact) mass is 394 g/mol. The number of rotatable bonds is 4. The van der Waals surface area contributed by atoms with Gasteiger partial charge in [-0.3, -0.25) is 10.1 Å². The SMILES string of the molecule is O=C(/C=C/c1ccc(Cl)cc1Cl)NC(=S)Nc1cccc(C(=O)O)c1. The Labute approximate surface area is 159 Å². The van der Waals surface area contributed by atoms with Gasteiger partial charge in [0.1, 0.15) is 0 Å². The van der Waals surface area contributed by atoms with E-state index in [2.05, 4.69) is 10.6 Å². The maximum atomic E-state index is 11.9. The first kappa shape index (κ1) is 18.9. The van der Waals surface area contributed by atoms with Crippen LogP contribution >= 0.6 is 35.4 Å². The molecular weight excluding hydrogens is 383 g/mol. The highest BCUT2D eigenvalue weighted by Crippen LogP contribution is 2.21. The topological polar surface area (TPSA) is 78.4 Å². The molecule has 0 saturated heterocycles. The van der Waals surface area contributed by atoms with Gasteiger partial charge in [0.15, 0.2) is 5.11 Å². The van der Waals surface area contributed by atoms with Crippen molar-refractivity contribution in [1.82, 2.24) is 5.32 Å². The molecule has 0 heterocycles. The highest BCUT2D eigenvalue weighted by atomic mass is 35.5. The van der Waals surface area contributed by atoms with Crippen LogP contribution in [0, 0.1) is 0 Å².